The molecule has 0 amide bonds. The molecule has 0 aliphatic heterocycles. The van der Waals surface area contributed by atoms with Crippen molar-refractivity contribution < 1.29 is 9.13 Å². The van der Waals surface area contributed by atoms with Gasteiger partial charge in [-0.2, -0.15) is 0 Å². The van der Waals surface area contributed by atoms with Crippen LogP contribution in [0.2, 0.25) is 0 Å². The number of ether oxygens (including phenoxy) is 1. The molecule has 0 heterocycles. The fraction of sp³-hybridized carbons (Fsp3) is 0.647. The molecule has 2 atom stereocenters. The van der Waals surface area contributed by atoms with Gasteiger partial charge in [-0.25, -0.2) is 4.39 Å². The first-order valence-corrected chi connectivity index (χ1v) is 7.88. The SMILES string of the molecule is CC1CCCC(Oc2cc(F)cc(CNC3CC3)c2)C1. The van der Waals surface area contributed by atoms with Crippen LogP contribution >= 0.6 is 0 Å². The van der Waals surface area contributed by atoms with E-state index in [-0.39, 0.29) is 11.9 Å². The summed E-state index contributed by atoms with van der Waals surface area (Å²) in [6.45, 7) is 3.01. The minimum absolute atomic E-state index is 0.195. The van der Waals surface area contributed by atoms with Crippen LogP contribution in [0.3, 0.4) is 0 Å². The molecular weight excluding hydrogens is 253 g/mol. The molecule has 3 rings (SSSR count). The van der Waals surface area contributed by atoms with Crippen molar-refractivity contribution in [3.05, 3.63) is 29.6 Å². The monoisotopic (exact) mass is 277 g/mol. The van der Waals surface area contributed by atoms with Crippen molar-refractivity contribution in [3.63, 3.8) is 0 Å². The number of rotatable bonds is 5. The van der Waals surface area contributed by atoms with Gasteiger partial charge in [0, 0.05) is 18.7 Å². The fourth-order valence-corrected chi connectivity index (χ4v) is 3.02. The summed E-state index contributed by atoms with van der Waals surface area (Å²) >= 11 is 0. The van der Waals surface area contributed by atoms with Crippen LogP contribution in [-0.4, -0.2) is 12.1 Å². The van der Waals surface area contributed by atoms with E-state index >= 15 is 0 Å². The van der Waals surface area contributed by atoms with E-state index < -0.39 is 0 Å². The van der Waals surface area contributed by atoms with E-state index in [1.54, 1.807) is 6.07 Å². The zero-order valence-electron chi connectivity index (χ0n) is 12.2. The minimum atomic E-state index is -0.195. The van der Waals surface area contributed by atoms with Gasteiger partial charge in [0.05, 0.1) is 6.10 Å². The summed E-state index contributed by atoms with van der Waals surface area (Å²) in [5.41, 5.74) is 0.982. The molecule has 20 heavy (non-hydrogen) atoms. The maximum absolute atomic E-state index is 13.7. The average Bonchev–Trinajstić information content (AvgIpc) is 3.20. The summed E-state index contributed by atoms with van der Waals surface area (Å²) in [6, 6.07) is 5.74. The quantitative estimate of drug-likeness (QED) is 0.877. The van der Waals surface area contributed by atoms with Crippen LogP contribution < -0.4 is 10.1 Å². The summed E-state index contributed by atoms with van der Waals surface area (Å²) in [7, 11) is 0. The maximum atomic E-state index is 13.7. The second kappa shape index (κ2) is 6.13. The molecular formula is C17H24FNO. The Kier molecular flexibility index (Phi) is 4.25. The molecule has 0 spiro atoms. The van der Waals surface area contributed by atoms with Gasteiger partial charge < -0.3 is 10.1 Å². The van der Waals surface area contributed by atoms with Crippen molar-refractivity contribution >= 4 is 0 Å². The van der Waals surface area contributed by atoms with Crippen LogP contribution in [-0.2, 0) is 6.54 Å². The molecule has 1 N–H and O–H groups in total. The zero-order valence-corrected chi connectivity index (χ0v) is 12.2. The van der Waals surface area contributed by atoms with Crippen molar-refractivity contribution in [2.75, 3.05) is 0 Å². The third-order valence-corrected chi connectivity index (χ3v) is 4.29. The van der Waals surface area contributed by atoms with Crippen LogP contribution in [0.5, 0.6) is 5.75 Å². The minimum Gasteiger partial charge on any atom is -0.490 e. The normalized spacial score (nSPS) is 26.5. The molecule has 0 saturated heterocycles. The Morgan fingerprint density at radius 2 is 2.05 bits per heavy atom. The van der Waals surface area contributed by atoms with Crippen molar-refractivity contribution in [1.29, 1.82) is 0 Å². The van der Waals surface area contributed by atoms with Gasteiger partial charge in [0.25, 0.3) is 0 Å². The molecule has 0 aromatic heterocycles. The summed E-state index contributed by atoms with van der Waals surface area (Å²) < 4.78 is 19.7. The highest BCUT2D eigenvalue weighted by Gasteiger charge is 2.22. The maximum Gasteiger partial charge on any atom is 0.127 e. The standard InChI is InChI=1S/C17H24FNO/c1-12-3-2-4-16(7-12)20-17-9-13(8-14(18)10-17)11-19-15-5-6-15/h8-10,12,15-16,19H,2-7,11H2,1H3. The number of hydrogen-bond donors (Lipinski definition) is 1. The molecule has 3 heteroatoms. The largest absolute Gasteiger partial charge is 0.490 e. The Hall–Kier alpha value is -1.09. The van der Waals surface area contributed by atoms with E-state index in [1.165, 1.54) is 31.7 Å². The van der Waals surface area contributed by atoms with Gasteiger partial charge in [-0.15, -0.1) is 0 Å². The van der Waals surface area contributed by atoms with Gasteiger partial charge in [0.15, 0.2) is 0 Å². The molecule has 1 aromatic rings. The lowest BCUT2D eigenvalue weighted by Gasteiger charge is -2.27. The lowest BCUT2D eigenvalue weighted by molar-refractivity contribution is 0.128. The van der Waals surface area contributed by atoms with Gasteiger partial charge in [0.2, 0.25) is 0 Å². The van der Waals surface area contributed by atoms with E-state index in [0.29, 0.717) is 11.8 Å². The molecule has 0 radical (unpaired) electrons. The lowest BCUT2D eigenvalue weighted by atomic mass is 9.89. The first kappa shape index (κ1) is 13.9. The van der Waals surface area contributed by atoms with Gasteiger partial charge in [-0.3, -0.25) is 0 Å². The molecule has 2 aliphatic carbocycles. The van der Waals surface area contributed by atoms with Gasteiger partial charge in [-0.1, -0.05) is 13.3 Å². The van der Waals surface area contributed by atoms with Crippen LogP contribution in [0.15, 0.2) is 18.2 Å². The predicted molar refractivity (Wildman–Crippen MR) is 78.3 cm³/mol. The smallest absolute Gasteiger partial charge is 0.127 e. The Bertz CT molecular complexity index is 458. The van der Waals surface area contributed by atoms with Gasteiger partial charge >= 0.3 is 0 Å². The third kappa shape index (κ3) is 3.95. The third-order valence-electron chi connectivity index (χ3n) is 4.29. The first-order valence-electron chi connectivity index (χ1n) is 7.88. The van der Waals surface area contributed by atoms with Crippen LogP contribution in [0.25, 0.3) is 0 Å². The van der Waals surface area contributed by atoms with E-state index in [9.17, 15) is 4.39 Å². The molecule has 2 fully saturated rings. The molecule has 2 aliphatic rings. The molecule has 2 nitrogen and oxygen atoms in total. The summed E-state index contributed by atoms with van der Waals surface area (Å²) in [5.74, 6) is 1.22. The Morgan fingerprint density at radius 1 is 1.20 bits per heavy atom. The highest BCUT2D eigenvalue weighted by Crippen LogP contribution is 2.28. The van der Waals surface area contributed by atoms with Crippen molar-refractivity contribution in [3.8, 4) is 5.75 Å². The Morgan fingerprint density at radius 3 is 2.80 bits per heavy atom. The topological polar surface area (TPSA) is 21.3 Å². The average molecular weight is 277 g/mol. The second-order valence-electron chi connectivity index (χ2n) is 6.46. The molecule has 1 aromatic carbocycles. The molecule has 2 unspecified atom stereocenters. The number of hydrogen-bond acceptors (Lipinski definition) is 2. The fourth-order valence-electron chi connectivity index (χ4n) is 3.02. The van der Waals surface area contributed by atoms with Crippen molar-refractivity contribution in [1.82, 2.24) is 5.32 Å². The number of benzene rings is 1. The highest BCUT2D eigenvalue weighted by molar-refractivity contribution is 5.30. The zero-order chi connectivity index (χ0) is 13.9. The van der Waals surface area contributed by atoms with Crippen LogP contribution in [0.4, 0.5) is 4.39 Å². The predicted octanol–water partition coefficient (Wildman–Crippen LogP) is 4.04. The highest BCUT2D eigenvalue weighted by atomic mass is 19.1. The van der Waals surface area contributed by atoms with Gasteiger partial charge in [0.1, 0.15) is 11.6 Å². The summed E-state index contributed by atoms with van der Waals surface area (Å²) in [6.07, 6.45) is 7.45. The van der Waals surface area contributed by atoms with E-state index in [0.717, 1.165) is 30.9 Å². The number of halogens is 1. The van der Waals surface area contributed by atoms with Crippen LogP contribution in [0, 0.1) is 11.7 Å². The first-order chi connectivity index (χ1) is 9.69. The Labute approximate surface area is 120 Å². The summed E-state index contributed by atoms with van der Waals surface area (Å²) in [5, 5.41) is 3.42. The van der Waals surface area contributed by atoms with Crippen LogP contribution in [0.1, 0.15) is 51.0 Å². The van der Waals surface area contributed by atoms with Gasteiger partial charge in [-0.05, 0) is 55.7 Å². The Balaban J connectivity index is 1.62. The molecule has 110 valence electrons. The lowest BCUT2D eigenvalue weighted by Crippen LogP contribution is -2.24. The summed E-state index contributed by atoms with van der Waals surface area (Å²) in [4.78, 5) is 0. The number of nitrogens with one attached hydrogen (secondary N) is 1. The molecule has 2 saturated carbocycles. The van der Waals surface area contributed by atoms with E-state index in [1.807, 2.05) is 6.07 Å². The second-order valence-corrected chi connectivity index (χ2v) is 6.46. The molecule has 0 bridgehead atoms. The van der Waals surface area contributed by atoms with E-state index in [2.05, 4.69) is 12.2 Å². The van der Waals surface area contributed by atoms with E-state index in [4.69, 9.17) is 4.74 Å². The van der Waals surface area contributed by atoms with Crippen molar-refractivity contribution in [2.45, 2.75) is 64.1 Å². The van der Waals surface area contributed by atoms with Crippen molar-refractivity contribution in [2.24, 2.45) is 5.92 Å².